The van der Waals surface area contributed by atoms with Crippen molar-refractivity contribution >= 4 is 33.2 Å². The molecule has 4 nitrogen and oxygen atoms in total. The molecule has 0 saturated heterocycles. The summed E-state index contributed by atoms with van der Waals surface area (Å²) in [6.07, 6.45) is 53.1. The maximum absolute atomic E-state index is 6.60. The highest BCUT2D eigenvalue weighted by molar-refractivity contribution is 6.18. The lowest BCUT2D eigenvalue weighted by molar-refractivity contribution is 0.302. The van der Waals surface area contributed by atoms with Gasteiger partial charge in [0, 0.05) is 45.8 Å². The molecule has 1 aliphatic heterocycles. The van der Waals surface area contributed by atoms with Crippen molar-refractivity contribution in [2.24, 2.45) is 4.99 Å². The van der Waals surface area contributed by atoms with Crippen LogP contribution in [0.1, 0.15) is 323 Å². The fraction of sp³-hybridized carbons (Fsp3) is 0.466. The summed E-state index contributed by atoms with van der Waals surface area (Å²) in [7, 11) is 0. The van der Waals surface area contributed by atoms with Gasteiger partial charge in [0.15, 0.2) is 0 Å². The van der Waals surface area contributed by atoms with Gasteiger partial charge in [-0.1, -0.05) is 337 Å². The highest BCUT2D eigenvalue weighted by Crippen LogP contribution is 2.60. The Balaban J connectivity index is 0.784. The molecular formula is C103H125N3O. The van der Waals surface area contributed by atoms with E-state index in [2.05, 4.69) is 192 Å². The molecule has 0 radical (unpaired) electrons. The van der Waals surface area contributed by atoms with Crippen LogP contribution in [0.3, 0.4) is 0 Å². The van der Waals surface area contributed by atoms with Crippen molar-refractivity contribution in [2.45, 2.75) is 301 Å². The van der Waals surface area contributed by atoms with E-state index in [0.29, 0.717) is 6.61 Å². The zero-order valence-corrected chi connectivity index (χ0v) is 66.4. The van der Waals surface area contributed by atoms with E-state index in [1.165, 1.54) is 286 Å². The topological polar surface area (TPSA) is 47.4 Å². The van der Waals surface area contributed by atoms with Crippen LogP contribution in [-0.4, -0.2) is 22.3 Å². The zero-order valence-electron chi connectivity index (χ0n) is 66.4. The number of ether oxygens (including phenoxy) is 1. The first-order valence-electron chi connectivity index (χ1n) is 43.6. The fourth-order valence-electron chi connectivity index (χ4n) is 20.3. The van der Waals surface area contributed by atoms with Gasteiger partial charge < -0.3 is 4.74 Å². The van der Waals surface area contributed by atoms with Gasteiger partial charge in [-0.2, -0.15) is 0 Å². The summed E-state index contributed by atoms with van der Waals surface area (Å²) in [4.78, 5) is 14.8. The average molecular weight is 1420 g/mol. The van der Waals surface area contributed by atoms with Gasteiger partial charge in [-0.05, 0) is 212 Å². The van der Waals surface area contributed by atoms with Crippen LogP contribution in [0.15, 0.2) is 187 Å². The predicted octanol–water partition coefficient (Wildman–Crippen LogP) is 30.6. The summed E-state index contributed by atoms with van der Waals surface area (Å²) in [5.74, 6) is 0.926. The van der Waals surface area contributed by atoms with Crippen molar-refractivity contribution in [3.8, 4) is 61.4 Å². The molecule has 107 heavy (non-hydrogen) atoms. The van der Waals surface area contributed by atoms with Crippen molar-refractivity contribution in [2.75, 3.05) is 6.61 Å². The number of hydrogen-bond donors (Lipinski definition) is 0. The number of hydrogen-bond acceptors (Lipinski definition) is 4. The molecule has 0 spiro atoms. The lowest BCUT2D eigenvalue weighted by Crippen LogP contribution is -2.26. The Morgan fingerprint density at radius 3 is 1.01 bits per heavy atom. The van der Waals surface area contributed by atoms with Crippen molar-refractivity contribution < 1.29 is 4.74 Å². The van der Waals surface area contributed by atoms with E-state index in [9.17, 15) is 0 Å². The van der Waals surface area contributed by atoms with Crippen molar-refractivity contribution in [1.82, 2.24) is 9.97 Å². The Hall–Kier alpha value is -7.95. The van der Waals surface area contributed by atoms with E-state index in [0.717, 1.165) is 70.2 Å². The number of unbranched alkanes of at least 4 members (excludes halogenated alkanes) is 26. The molecule has 0 N–H and O–H groups in total. The summed E-state index contributed by atoms with van der Waals surface area (Å²) in [6, 6.07) is 67.6. The first-order chi connectivity index (χ1) is 52.9. The molecule has 0 fully saturated rings. The van der Waals surface area contributed by atoms with Crippen molar-refractivity contribution in [3.63, 3.8) is 0 Å². The van der Waals surface area contributed by atoms with Gasteiger partial charge in [0.1, 0.15) is 5.75 Å². The van der Waals surface area contributed by atoms with Crippen LogP contribution in [0.25, 0.3) is 77.4 Å². The minimum absolute atomic E-state index is 0.0311. The summed E-state index contributed by atoms with van der Waals surface area (Å²) in [6.45, 7) is 12.5. The third-order valence-electron chi connectivity index (χ3n) is 26.1. The lowest BCUT2D eigenvalue weighted by Gasteiger charge is -2.34. The van der Waals surface area contributed by atoms with E-state index in [-0.39, 0.29) is 16.2 Å². The fourth-order valence-corrected chi connectivity index (χ4v) is 20.3. The molecule has 2 unspecified atom stereocenters. The quantitative estimate of drug-likeness (QED) is 0.0282. The van der Waals surface area contributed by atoms with Crippen LogP contribution in [0.5, 0.6) is 5.75 Å². The van der Waals surface area contributed by atoms with Crippen LogP contribution >= 0.6 is 0 Å². The van der Waals surface area contributed by atoms with E-state index in [1.54, 1.807) is 33.4 Å². The van der Waals surface area contributed by atoms with E-state index < -0.39 is 0 Å². The Labute approximate surface area is 645 Å². The Bertz CT molecular complexity index is 4610. The first kappa shape index (κ1) is 75.8. The third-order valence-corrected chi connectivity index (χ3v) is 26.1. The van der Waals surface area contributed by atoms with Gasteiger partial charge in [0.05, 0.1) is 29.0 Å². The van der Waals surface area contributed by atoms with Crippen LogP contribution in [0, 0.1) is 0 Å². The normalized spacial score (nSPS) is 16.2. The molecule has 558 valence electrons. The van der Waals surface area contributed by atoms with Gasteiger partial charge >= 0.3 is 0 Å². The second kappa shape index (κ2) is 36.5. The van der Waals surface area contributed by atoms with Gasteiger partial charge in [-0.15, -0.1) is 0 Å². The van der Waals surface area contributed by atoms with Crippen molar-refractivity contribution in [1.29, 1.82) is 0 Å². The summed E-state index contributed by atoms with van der Waals surface area (Å²) in [5, 5.41) is 2.21. The molecule has 3 aliphatic carbocycles. The number of aliphatic imine (C=N–C) groups is 1. The molecular weight excluding hydrogens is 1300 g/mol. The molecule has 0 bridgehead atoms. The first-order valence-corrected chi connectivity index (χ1v) is 43.6. The van der Waals surface area contributed by atoms with E-state index in [1.807, 2.05) is 24.5 Å². The van der Waals surface area contributed by atoms with E-state index in [4.69, 9.17) is 19.7 Å². The van der Waals surface area contributed by atoms with Crippen LogP contribution in [0.4, 0.5) is 5.69 Å². The highest BCUT2D eigenvalue weighted by atomic mass is 16.5. The Morgan fingerprint density at radius 1 is 0.290 bits per heavy atom. The number of aromatic nitrogens is 2. The molecule has 2 atom stereocenters. The second-order valence-electron chi connectivity index (χ2n) is 33.2. The molecule has 0 amide bonds. The maximum Gasteiger partial charge on any atom is 0.119 e. The Kier molecular flexibility index (Phi) is 25.9. The summed E-state index contributed by atoms with van der Waals surface area (Å²) >= 11 is 0. The second-order valence-corrected chi connectivity index (χ2v) is 33.2. The highest BCUT2D eigenvalue weighted by Gasteiger charge is 2.46. The lowest BCUT2D eigenvalue weighted by atomic mass is 9.69. The van der Waals surface area contributed by atoms with Gasteiger partial charge in [0.2, 0.25) is 0 Å². The van der Waals surface area contributed by atoms with E-state index >= 15 is 0 Å². The number of benzene rings is 8. The largest absolute Gasteiger partial charge is 0.494 e. The van der Waals surface area contributed by atoms with Crippen molar-refractivity contribution in [3.05, 3.63) is 227 Å². The molecule has 0 saturated carbocycles. The van der Waals surface area contributed by atoms with Crippen LogP contribution in [0.2, 0.25) is 0 Å². The van der Waals surface area contributed by atoms with Crippen LogP contribution in [-0.2, 0) is 22.7 Å². The molecule has 3 heterocycles. The summed E-state index contributed by atoms with van der Waals surface area (Å²) in [5.41, 5.74) is 30.2. The van der Waals surface area contributed by atoms with Crippen LogP contribution < -0.4 is 4.74 Å². The molecule has 8 aromatic carbocycles. The summed E-state index contributed by atoms with van der Waals surface area (Å²) < 4.78 is 6.60. The monoisotopic (exact) mass is 1420 g/mol. The minimum atomic E-state index is -0.126. The van der Waals surface area contributed by atoms with Gasteiger partial charge in [-0.3, -0.25) is 15.0 Å². The maximum atomic E-state index is 6.60. The molecule has 4 aliphatic rings. The average Bonchev–Trinajstić information content (AvgIpc) is 1.56. The molecule has 14 rings (SSSR count). The Morgan fingerprint density at radius 2 is 0.607 bits per heavy atom. The zero-order chi connectivity index (χ0) is 73.3. The molecule has 4 heteroatoms. The van der Waals surface area contributed by atoms with Gasteiger partial charge in [0.25, 0.3) is 0 Å². The minimum Gasteiger partial charge on any atom is -0.494 e. The number of fused-ring (bicyclic) bond motifs is 15. The molecule has 2 aromatic heterocycles. The third kappa shape index (κ3) is 16.2. The number of nitrogens with zero attached hydrogens (tertiary/aromatic N) is 3. The SMILES string of the molecule is CCCCCCCCC1(CCCCCC)c2ccccc2-c2ccc(-c3ccc4c(c3)C(CCCCCCCC)(CCCCCCOc3ccc(C5=Nc6c(c7cccnc7c7ncccc67)C5)cc3)c3cc(-c5ccc6c(c5)C(CCCCCCCC)(CCCCCCCC)c5ccccc5-6)ccc3-4)cc21. The number of rotatable bonds is 44. The van der Waals surface area contributed by atoms with Gasteiger partial charge in [-0.25, -0.2) is 0 Å². The predicted molar refractivity (Wildman–Crippen MR) is 459 cm³/mol. The standard InChI is InChI=1S/C103H125N3O/c1-6-11-16-21-25-36-63-101(62-35-20-15-10-5)91-48-33-31-44-82(91)84-58-52-77(71-93(84)101)79-54-60-86-87-61-55-80(78-53-59-85-83-45-32-34-49-92(83)102(94(85)72-78,64-37-26-22-17-12-7-2)65-38-27-23-18-13-8-3)74-96(87)103(95(86)73-79,66-39-28-24-19-14-9-4)67-40-29-30-41-70-107-81-56-50-76(51-57-81)97-75-90-88-46-42-68-104-99(88)100-89(98(90)106-97)47-43-69-105-100/h31-34,42-61,68-69,71-74H,6-30,35-41,62-67,70,75H2,1-5H3. The molecule has 10 aromatic rings. The smallest absolute Gasteiger partial charge is 0.119 e. The number of pyridine rings is 2.